The molecule has 2 unspecified atom stereocenters. The van der Waals surface area contributed by atoms with Crippen LogP contribution < -0.4 is 5.73 Å². The first-order valence-corrected chi connectivity index (χ1v) is 6.31. The third kappa shape index (κ3) is 4.47. The van der Waals surface area contributed by atoms with E-state index in [1.54, 1.807) is 11.8 Å². The lowest BCUT2D eigenvalue weighted by Gasteiger charge is -2.26. The smallest absolute Gasteiger partial charge is 0.239 e. The molecule has 0 aliphatic rings. The van der Waals surface area contributed by atoms with Crippen LogP contribution in [0.15, 0.2) is 30.3 Å². The van der Waals surface area contributed by atoms with Crippen LogP contribution in [0.5, 0.6) is 0 Å². The molecule has 4 nitrogen and oxygen atoms in total. The van der Waals surface area contributed by atoms with E-state index in [2.05, 4.69) is 0 Å². The maximum atomic E-state index is 12.0. The van der Waals surface area contributed by atoms with E-state index in [9.17, 15) is 9.90 Å². The van der Waals surface area contributed by atoms with Gasteiger partial charge in [-0.25, -0.2) is 0 Å². The van der Waals surface area contributed by atoms with Crippen LogP contribution in [0, 0.1) is 0 Å². The Bertz CT molecular complexity index is 365. The fraction of sp³-hybridized carbons (Fsp3) is 0.500. The molecule has 4 heteroatoms. The number of carbonyl (C=O) groups is 1. The molecule has 100 valence electrons. The molecule has 1 aromatic rings. The summed E-state index contributed by atoms with van der Waals surface area (Å²) < 4.78 is 0. The van der Waals surface area contributed by atoms with Gasteiger partial charge in [0.05, 0.1) is 12.1 Å². The van der Waals surface area contributed by atoms with E-state index in [1.165, 1.54) is 0 Å². The Morgan fingerprint density at radius 1 is 1.39 bits per heavy atom. The van der Waals surface area contributed by atoms with E-state index in [0.29, 0.717) is 19.5 Å². The average Bonchev–Trinajstić information content (AvgIpc) is 2.38. The van der Waals surface area contributed by atoms with E-state index in [4.69, 9.17) is 5.73 Å². The van der Waals surface area contributed by atoms with Crippen LogP contribution in [0.4, 0.5) is 0 Å². The standard InChI is InChI=1S/C14H22N2O2/c1-3-13(17)10-16(14(18)11(2)15)9-12-7-5-4-6-8-12/h4-8,11,13,17H,3,9-10,15H2,1-2H3. The molecule has 0 aliphatic carbocycles. The maximum Gasteiger partial charge on any atom is 0.239 e. The van der Waals surface area contributed by atoms with Crippen LogP contribution in [-0.2, 0) is 11.3 Å². The van der Waals surface area contributed by atoms with Gasteiger partial charge in [0.25, 0.3) is 0 Å². The largest absolute Gasteiger partial charge is 0.391 e. The van der Waals surface area contributed by atoms with Crippen molar-refractivity contribution in [2.45, 2.75) is 39.0 Å². The SMILES string of the molecule is CCC(O)CN(Cc1ccccc1)C(=O)C(C)N. The van der Waals surface area contributed by atoms with Crippen molar-refractivity contribution in [1.29, 1.82) is 0 Å². The number of benzene rings is 1. The molecular weight excluding hydrogens is 228 g/mol. The van der Waals surface area contributed by atoms with Crippen LogP contribution >= 0.6 is 0 Å². The highest BCUT2D eigenvalue weighted by molar-refractivity contribution is 5.81. The summed E-state index contributed by atoms with van der Waals surface area (Å²) in [6.45, 7) is 4.37. The summed E-state index contributed by atoms with van der Waals surface area (Å²) in [6.07, 6.45) is 0.119. The summed E-state index contributed by atoms with van der Waals surface area (Å²) in [6, 6.07) is 9.17. The van der Waals surface area contributed by atoms with Crippen LogP contribution in [0.3, 0.4) is 0 Å². The molecular formula is C14H22N2O2. The molecule has 18 heavy (non-hydrogen) atoms. The second-order valence-electron chi connectivity index (χ2n) is 4.56. The van der Waals surface area contributed by atoms with Gasteiger partial charge < -0.3 is 15.7 Å². The highest BCUT2D eigenvalue weighted by Gasteiger charge is 2.19. The molecule has 1 aromatic carbocycles. The lowest BCUT2D eigenvalue weighted by molar-refractivity contribution is -0.134. The summed E-state index contributed by atoms with van der Waals surface area (Å²) in [5, 5.41) is 9.70. The quantitative estimate of drug-likeness (QED) is 0.795. The Kier molecular flexibility index (Phi) is 5.82. The zero-order chi connectivity index (χ0) is 13.5. The van der Waals surface area contributed by atoms with Gasteiger partial charge in [-0.15, -0.1) is 0 Å². The third-order valence-electron chi connectivity index (χ3n) is 2.82. The van der Waals surface area contributed by atoms with Crippen molar-refractivity contribution >= 4 is 5.91 Å². The predicted molar refractivity (Wildman–Crippen MR) is 71.8 cm³/mol. The minimum atomic E-state index is -0.544. The van der Waals surface area contributed by atoms with Gasteiger partial charge in [0.15, 0.2) is 0 Å². The molecule has 0 aliphatic heterocycles. The van der Waals surface area contributed by atoms with Crippen LogP contribution in [0.1, 0.15) is 25.8 Å². The van der Waals surface area contributed by atoms with Crippen molar-refractivity contribution in [3.8, 4) is 0 Å². The zero-order valence-electron chi connectivity index (χ0n) is 11.0. The van der Waals surface area contributed by atoms with Gasteiger partial charge in [0, 0.05) is 13.1 Å². The first kappa shape index (κ1) is 14.7. The van der Waals surface area contributed by atoms with Gasteiger partial charge in [-0.3, -0.25) is 4.79 Å². The minimum Gasteiger partial charge on any atom is -0.391 e. The summed E-state index contributed by atoms with van der Waals surface area (Å²) in [5.74, 6) is -0.133. The van der Waals surface area contributed by atoms with Crippen molar-refractivity contribution in [2.24, 2.45) is 5.73 Å². The molecule has 0 saturated heterocycles. The molecule has 0 fully saturated rings. The van der Waals surface area contributed by atoms with E-state index in [1.807, 2.05) is 37.3 Å². The first-order valence-electron chi connectivity index (χ1n) is 6.31. The highest BCUT2D eigenvalue weighted by atomic mass is 16.3. The number of nitrogens with two attached hydrogens (primary N) is 1. The molecule has 3 N–H and O–H groups in total. The van der Waals surface area contributed by atoms with Gasteiger partial charge in [0.1, 0.15) is 0 Å². The normalized spacial score (nSPS) is 14.0. The summed E-state index contributed by atoms with van der Waals surface area (Å²) in [4.78, 5) is 13.6. The first-order chi connectivity index (χ1) is 8.54. The van der Waals surface area contributed by atoms with Crippen LogP contribution in [0.2, 0.25) is 0 Å². The highest BCUT2D eigenvalue weighted by Crippen LogP contribution is 2.07. The Morgan fingerprint density at radius 3 is 2.50 bits per heavy atom. The lowest BCUT2D eigenvalue weighted by Crippen LogP contribution is -2.44. The van der Waals surface area contributed by atoms with Crippen molar-refractivity contribution in [3.63, 3.8) is 0 Å². The minimum absolute atomic E-state index is 0.133. The van der Waals surface area contributed by atoms with Gasteiger partial charge in [-0.2, -0.15) is 0 Å². The number of hydrogen-bond donors (Lipinski definition) is 2. The van der Waals surface area contributed by atoms with Gasteiger partial charge in [-0.1, -0.05) is 37.3 Å². The number of aliphatic hydroxyl groups is 1. The van der Waals surface area contributed by atoms with E-state index < -0.39 is 12.1 Å². The van der Waals surface area contributed by atoms with Crippen molar-refractivity contribution in [3.05, 3.63) is 35.9 Å². The fourth-order valence-electron chi connectivity index (χ4n) is 1.71. The van der Waals surface area contributed by atoms with E-state index >= 15 is 0 Å². The molecule has 1 rings (SSSR count). The molecule has 2 atom stereocenters. The van der Waals surface area contributed by atoms with Gasteiger partial charge >= 0.3 is 0 Å². The summed E-state index contributed by atoms with van der Waals surface area (Å²) >= 11 is 0. The number of aliphatic hydroxyl groups excluding tert-OH is 1. The van der Waals surface area contributed by atoms with Crippen molar-refractivity contribution in [1.82, 2.24) is 4.90 Å². The van der Waals surface area contributed by atoms with Crippen molar-refractivity contribution < 1.29 is 9.90 Å². The van der Waals surface area contributed by atoms with Crippen molar-refractivity contribution in [2.75, 3.05) is 6.54 Å². The topological polar surface area (TPSA) is 66.6 Å². The number of rotatable bonds is 6. The Labute approximate surface area is 108 Å². The zero-order valence-corrected chi connectivity index (χ0v) is 11.0. The number of hydrogen-bond acceptors (Lipinski definition) is 3. The molecule has 0 saturated carbocycles. The fourth-order valence-corrected chi connectivity index (χ4v) is 1.71. The second kappa shape index (κ2) is 7.13. The molecule has 0 heterocycles. The number of carbonyl (C=O) groups excluding carboxylic acids is 1. The van der Waals surface area contributed by atoms with Crippen LogP contribution in [0.25, 0.3) is 0 Å². The Hall–Kier alpha value is -1.39. The average molecular weight is 250 g/mol. The Morgan fingerprint density at radius 2 is 2.00 bits per heavy atom. The molecule has 1 amide bonds. The summed E-state index contributed by atoms with van der Waals surface area (Å²) in [7, 11) is 0. The predicted octanol–water partition coefficient (Wildman–Crippen LogP) is 1.13. The molecule has 0 bridgehead atoms. The Balaban J connectivity index is 2.74. The maximum absolute atomic E-state index is 12.0. The molecule has 0 radical (unpaired) electrons. The van der Waals surface area contributed by atoms with Gasteiger partial charge in [-0.05, 0) is 18.9 Å². The number of amides is 1. The molecule has 0 spiro atoms. The van der Waals surface area contributed by atoms with E-state index in [-0.39, 0.29) is 5.91 Å². The van der Waals surface area contributed by atoms with Crippen LogP contribution in [-0.4, -0.2) is 34.6 Å². The number of nitrogens with zero attached hydrogens (tertiary/aromatic N) is 1. The van der Waals surface area contributed by atoms with Gasteiger partial charge in [0.2, 0.25) is 5.91 Å². The summed E-state index contributed by atoms with van der Waals surface area (Å²) in [5.41, 5.74) is 6.67. The van der Waals surface area contributed by atoms with E-state index in [0.717, 1.165) is 5.56 Å². The third-order valence-corrected chi connectivity index (χ3v) is 2.82. The molecule has 0 aromatic heterocycles. The second-order valence-corrected chi connectivity index (χ2v) is 4.56. The monoisotopic (exact) mass is 250 g/mol. The lowest BCUT2D eigenvalue weighted by atomic mass is 10.1.